The molecule has 0 amide bonds. The average Bonchev–Trinajstić information content (AvgIpc) is 2.41. The number of hydrogen-bond donors (Lipinski definition) is 0. The number of alkyl halides is 3. The molecule has 0 heterocycles. The highest BCUT2D eigenvalue weighted by Crippen LogP contribution is 2.42. The molecule has 2 nitrogen and oxygen atoms in total. The molecule has 0 N–H and O–H groups in total. The lowest BCUT2D eigenvalue weighted by molar-refractivity contribution is -0.139. The Morgan fingerprint density at radius 1 is 1.25 bits per heavy atom. The van der Waals surface area contributed by atoms with E-state index in [1.165, 1.54) is 31.5 Å². The van der Waals surface area contributed by atoms with E-state index in [0.29, 0.717) is 12.8 Å². The Balaban J connectivity index is 2.64. The Labute approximate surface area is 115 Å². The summed E-state index contributed by atoms with van der Waals surface area (Å²) in [6, 6.07) is 5.31. The van der Waals surface area contributed by atoms with Crippen molar-refractivity contribution in [3.63, 3.8) is 0 Å². The van der Waals surface area contributed by atoms with Gasteiger partial charge in [-0.2, -0.15) is 13.2 Å². The highest BCUT2D eigenvalue weighted by atomic mass is 19.4. The Morgan fingerprint density at radius 3 is 2.55 bits per heavy atom. The van der Waals surface area contributed by atoms with Gasteiger partial charge in [-0.1, -0.05) is 24.6 Å². The van der Waals surface area contributed by atoms with Crippen LogP contribution in [-0.4, -0.2) is 19.0 Å². The van der Waals surface area contributed by atoms with Crippen LogP contribution >= 0.6 is 0 Å². The van der Waals surface area contributed by atoms with Gasteiger partial charge >= 0.3 is 6.18 Å². The molecule has 20 heavy (non-hydrogen) atoms. The van der Waals surface area contributed by atoms with Gasteiger partial charge in [0.2, 0.25) is 0 Å². The predicted molar refractivity (Wildman–Crippen MR) is 71.0 cm³/mol. The second-order valence-corrected chi connectivity index (χ2v) is 5.03. The van der Waals surface area contributed by atoms with Crippen molar-refractivity contribution in [1.82, 2.24) is 0 Å². The van der Waals surface area contributed by atoms with E-state index in [4.69, 9.17) is 0 Å². The van der Waals surface area contributed by atoms with Crippen LogP contribution in [-0.2, 0) is 16.4 Å². The first-order valence-electron chi connectivity index (χ1n) is 6.55. The molecule has 2 rings (SSSR count). The summed E-state index contributed by atoms with van der Waals surface area (Å²) in [6.07, 6.45) is -0.938. The van der Waals surface area contributed by atoms with Crippen LogP contribution in [0.1, 0.15) is 36.8 Å². The number of rotatable bonds is 2. The van der Waals surface area contributed by atoms with Crippen molar-refractivity contribution in [3.8, 4) is 0 Å². The van der Waals surface area contributed by atoms with Gasteiger partial charge in [0.25, 0.3) is 0 Å². The third kappa shape index (κ3) is 2.49. The normalized spacial score (nSPS) is 24.3. The van der Waals surface area contributed by atoms with Crippen LogP contribution in [0.2, 0.25) is 0 Å². The molecule has 0 bridgehead atoms. The zero-order valence-electron chi connectivity index (χ0n) is 11.2. The van der Waals surface area contributed by atoms with Crippen LogP contribution < -0.4 is 0 Å². The number of carbonyl (C=O) groups excluding carboxylic acids is 1. The van der Waals surface area contributed by atoms with E-state index >= 15 is 0 Å². The number of halogens is 3. The summed E-state index contributed by atoms with van der Waals surface area (Å²) in [5, 5.41) is 0. The van der Waals surface area contributed by atoms with Gasteiger partial charge in [-0.05, 0) is 24.5 Å². The van der Waals surface area contributed by atoms with Gasteiger partial charge in [0, 0.05) is 19.7 Å². The summed E-state index contributed by atoms with van der Waals surface area (Å²) in [4.78, 5) is 16.2. The molecule has 1 aromatic carbocycles. The van der Waals surface area contributed by atoms with Gasteiger partial charge < -0.3 is 0 Å². The van der Waals surface area contributed by atoms with Gasteiger partial charge in [0.05, 0.1) is 11.0 Å². The molecule has 0 aliphatic heterocycles. The SMILES string of the molecule is C/N=C\[C@]1(c2ccccc2C(F)(F)F)CCCCC1=O. The molecule has 0 aromatic heterocycles. The largest absolute Gasteiger partial charge is 0.416 e. The summed E-state index contributed by atoms with van der Waals surface area (Å²) in [5.41, 5.74) is -1.93. The third-order valence-electron chi connectivity index (χ3n) is 3.79. The fourth-order valence-electron chi connectivity index (χ4n) is 2.88. The second kappa shape index (κ2) is 5.38. The average molecular weight is 283 g/mol. The van der Waals surface area contributed by atoms with E-state index in [1.54, 1.807) is 0 Å². The van der Waals surface area contributed by atoms with Crippen molar-refractivity contribution in [3.05, 3.63) is 35.4 Å². The number of aliphatic imine (C=N–C) groups is 1. The van der Waals surface area contributed by atoms with Crippen LogP contribution in [0.25, 0.3) is 0 Å². The van der Waals surface area contributed by atoms with E-state index in [9.17, 15) is 18.0 Å². The number of ketones is 1. The van der Waals surface area contributed by atoms with Crippen molar-refractivity contribution in [2.75, 3.05) is 7.05 Å². The molecule has 0 saturated heterocycles. The fourth-order valence-corrected chi connectivity index (χ4v) is 2.88. The molecule has 5 heteroatoms. The number of carbonyl (C=O) groups is 1. The van der Waals surface area contributed by atoms with Crippen LogP contribution in [0.5, 0.6) is 0 Å². The zero-order valence-corrected chi connectivity index (χ0v) is 11.2. The van der Waals surface area contributed by atoms with Crippen molar-refractivity contribution in [2.45, 2.75) is 37.3 Å². The first kappa shape index (κ1) is 14.8. The molecule has 1 aliphatic carbocycles. The smallest absolute Gasteiger partial charge is 0.299 e. The number of benzene rings is 1. The Kier molecular flexibility index (Phi) is 3.97. The van der Waals surface area contributed by atoms with Crippen LogP contribution in [0.3, 0.4) is 0 Å². The molecule has 1 aliphatic rings. The highest BCUT2D eigenvalue weighted by Gasteiger charge is 2.45. The van der Waals surface area contributed by atoms with Gasteiger partial charge in [0.1, 0.15) is 5.78 Å². The molecule has 0 unspecified atom stereocenters. The first-order valence-corrected chi connectivity index (χ1v) is 6.55. The molecule has 0 radical (unpaired) electrons. The fraction of sp³-hybridized carbons (Fsp3) is 0.467. The molecule has 108 valence electrons. The lowest BCUT2D eigenvalue weighted by Crippen LogP contribution is -2.41. The minimum atomic E-state index is -4.47. The zero-order chi connectivity index (χ0) is 14.8. The van der Waals surface area contributed by atoms with Crippen LogP contribution in [0, 0.1) is 0 Å². The molecule has 0 spiro atoms. The molecule has 1 saturated carbocycles. The van der Waals surface area contributed by atoms with Crippen molar-refractivity contribution in [1.29, 1.82) is 0 Å². The topological polar surface area (TPSA) is 29.4 Å². The maximum absolute atomic E-state index is 13.2. The summed E-state index contributed by atoms with van der Waals surface area (Å²) in [6.45, 7) is 0. The Hall–Kier alpha value is -1.65. The monoisotopic (exact) mass is 283 g/mol. The molecule has 1 fully saturated rings. The molecule has 1 atom stereocenters. The van der Waals surface area contributed by atoms with Gasteiger partial charge in [0.15, 0.2) is 0 Å². The first-order chi connectivity index (χ1) is 9.42. The van der Waals surface area contributed by atoms with E-state index in [2.05, 4.69) is 4.99 Å². The molecular weight excluding hydrogens is 267 g/mol. The van der Waals surface area contributed by atoms with Gasteiger partial charge in [-0.15, -0.1) is 0 Å². The summed E-state index contributed by atoms with van der Waals surface area (Å²) in [7, 11) is 1.49. The predicted octanol–water partition coefficient (Wildman–Crippen LogP) is 3.79. The highest BCUT2D eigenvalue weighted by molar-refractivity contribution is 6.06. The Bertz CT molecular complexity index is 536. The lowest BCUT2D eigenvalue weighted by atomic mass is 9.68. The van der Waals surface area contributed by atoms with Crippen LogP contribution in [0.15, 0.2) is 29.3 Å². The third-order valence-corrected chi connectivity index (χ3v) is 3.79. The molecule has 1 aromatic rings. The van der Waals surface area contributed by atoms with E-state index in [0.717, 1.165) is 18.9 Å². The van der Waals surface area contributed by atoms with Gasteiger partial charge in [-0.25, -0.2) is 0 Å². The lowest BCUT2D eigenvalue weighted by Gasteiger charge is -2.34. The van der Waals surface area contributed by atoms with Crippen LogP contribution in [0.4, 0.5) is 13.2 Å². The Morgan fingerprint density at radius 2 is 1.95 bits per heavy atom. The van der Waals surface area contributed by atoms with E-state index < -0.39 is 17.2 Å². The summed E-state index contributed by atoms with van der Waals surface area (Å²) >= 11 is 0. The van der Waals surface area contributed by atoms with Crippen molar-refractivity contribution >= 4 is 12.0 Å². The second-order valence-electron chi connectivity index (χ2n) is 5.03. The maximum Gasteiger partial charge on any atom is 0.416 e. The van der Waals surface area contributed by atoms with Crippen molar-refractivity contribution in [2.24, 2.45) is 4.99 Å². The van der Waals surface area contributed by atoms with Crippen molar-refractivity contribution < 1.29 is 18.0 Å². The number of nitrogens with zero attached hydrogens (tertiary/aromatic N) is 1. The maximum atomic E-state index is 13.2. The minimum absolute atomic E-state index is 0.0304. The molecular formula is C15H16F3NO. The van der Waals surface area contributed by atoms with E-state index in [-0.39, 0.29) is 11.3 Å². The van der Waals surface area contributed by atoms with E-state index in [1.807, 2.05) is 0 Å². The number of hydrogen-bond acceptors (Lipinski definition) is 2. The minimum Gasteiger partial charge on any atom is -0.299 e. The number of Topliss-reactive ketones (excluding diaryl/α,β-unsaturated/α-hetero) is 1. The summed E-state index contributed by atoms with van der Waals surface area (Å²) < 4.78 is 39.6. The summed E-state index contributed by atoms with van der Waals surface area (Å²) in [5.74, 6) is -0.175. The quantitative estimate of drug-likeness (QED) is 0.759. The standard InChI is InChI=1S/C15H16F3NO/c1-19-10-14(9-5-4-8-13(14)20)11-6-2-3-7-12(11)15(16,17)18/h2-3,6-7,10H,4-5,8-9H2,1H3/b19-10-/t14-/m0/s1. The van der Waals surface area contributed by atoms with Gasteiger partial charge in [-0.3, -0.25) is 9.79 Å².